The van der Waals surface area contributed by atoms with E-state index in [4.69, 9.17) is 17.4 Å². The highest BCUT2D eigenvalue weighted by Gasteiger charge is 2.19. The Kier molecular flexibility index (Phi) is 5.95. The first-order chi connectivity index (χ1) is 9.19. The van der Waals surface area contributed by atoms with E-state index in [1.54, 1.807) is 12.1 Å². The molecule has 1 unspecified atom stereocenters. The monoisotopic (exact) mass is 302 g/mol. The Morgan fingerprint density at radius 3 is 2.79 bits per heavy atom. The molecule has 0 aromatic heterocycles. The van der Waals surface area contributed by atoms with Gasteiger partial charge in [-0.1, -0.05) is 17.7 Å². The molecule has 1 saturated heterocycles. The van der Waals surface area contributed by atoms with Crippen LogP contribution in [0.2, 0.25) is 5.02 Å². The Hall–Kier alpha value is -0.290. The molecule has 2 nitrogen and oxygen atoms in total. The smallest absolute Gasteiger partial charge is 0.141 e. The molecular formula is C14H20ClFN2S. The third-order valence-corrected chi connectivity index (χ3v) is 5.00. The van der Waals surface area contributed by atoms with Gasteiger partial charge in [-0.15, -0.1) is 0 Å². The molecule has 1 aromatic rings. The van der Waals surface area contributed by atoms with Gasteiger partial charge in [0, 0.05) is 6.04 Å². The summed E-state index contributed by atoms with van der Waals surface area (Å²) in [6.45, 7) is 0. The number of nitrogens with two attached hydrogens (primary N) is 1. The lowest BCUT2D eigenvalue weighted by Crippen LogP contribution is -2.38. The molecule has 0 saturated carbocycles. The Morgan fingerprint density at radius 2 is 2.16 bits per heavy atom. The third-order valence-electron chi connectivity index (χ3n) is 3.66. The number of thioether (sulfide) groups is 1. The van der Waals surface area contributed by atoms with E-state index in [-0.39, 0.29) is 16.9 Å². The number of rotatable bonds is 5. The van der Waals surface area contributed by atoms with Crippen molar-refractivity contribution in [1.82, 2.24) is 5.43 Å². The zero-order valence-electron chi connectivity index (χ0n) is 10.9. The zero-order chi connectivity index (χ0) is 13.7. The topological polar surface area (TPSA) is 38.0 Å². The van der Waals surface area contributed by atoms with Gasteiger partial charge in [0.05, 0.1) is 5.02 Å². The van der Waals surface area contributed by atoms with E-state index in [2.05, 4.69) is 5.43 Å². The molecule has 1 aliphatic rings. The lowest BCUT2D eigenvalue weighted by molar-refractivity contribution is 0.365. The third kappa shape index (κ3) is 4.63. The van der Waals surface area contributed by atoms with Gasteiger partial charge in [0.2, 0.25) is 0 Å². The first-order valence-corrected chi connectivity index (χ1v) is 8.20. The second-order valence-electron chi connectivity index (χ2n) is 5.11. The molecule has 2 rings (SSSR count). The predicted octanol–water partition coefficient (Wildman–Crippen LogP) is 3.39. The standard InChI is InChI=1S/C14H20ClFN2S/c15-13-9-11(1-2-14(13)16)8-12(18-17)7-10-3-5-19-6-4-10/h1-2,9-10,12,18H,3-8,17H2. The molecule has 1 fully saturated rings. The van der Waals surface area contributed by atoms with Crippen LogP contribution in [-0.4, -0.2) is 17.5 Å². The Labute approximate surface area is 123 Å². The summed E-state index contributed by atoms with van der Waals surface area (Å²) >= 11 is 7.83. The quantitative estimate of drug-likeness (QED) is 0.647. The number of hydrogen-bond donors (Lipinski definition) is 2. The molecule has 106 valence electrons. The summed E-state index contributed by atoms with van der Waals surface area (Å²) in [5.74, 6) is 8.53. The summed E-state index contributed by atoms with van der Waals surface area (Å²) in [5.41, 5.74) is 3.92. The maximum atomic E-state index is 13.1. The molecule has 1 aliphatic heterocycles. The predicted molar refractivity (Wildman–Crippen MR) is 80.9 cm³/mol. The van der Waals surface area contributed by atoms with E-state index < -0.39 is 0 Å². The fourth-order valence-electron chi connectivity index (χ4n) is 2.55. The lowest BCUT2D eigenvalue weighted by atomic mass is 9.91. The van der Waals surface area contributed by atoms with Crippen LogP contribution in [0.15, 0.2) is 18.2 Å². The summed E-state index contributed by atoms with van der Waals surface area (Å²) < 4.78 is 13.1. The van der Waals surface area contributed by atoms with E-state index in [9.17, 15) is 4.39 Å². The number of halogens is 2. The van der Waals surface area contributed by atoms with Gasteiger partial charge in [-0.05, 0) is 60.8 Å². The molecule has 19 heavy (non-hydrogen) atoms. The first-order valence-electron chi connectivity index (χ1n) is 6.67. The Balaban J connectivity index is 1.92. The number of benzene rings is 1. The average Bonchev–Trinajstić information content (AvgIpc) is 2.43. The van der Waals surface area contributed by atoms with Gasteiger partial charge < -0.3 is 0 Å². The summed E-state index contributed by atoms with van der Waals surface area (Å²) in [6, 6.07) is 5.12. The molecule has 3 N–H and O–H groups in total. The van der Waals surface area contributed by atoms with Crippen molar-refractivity contribution in [3.8, 4) is 0 Å². The van der Waals surface area contributed by atoms with Crippen molar-refractivity contribution in [3.05, 3.63) is 34.6 Å². The fraction of sp³-hybridized carbons (Fsp3) is 0.571. The molecule has 0 aliphatic carbocycles. The van der Waals surface area contributed by atoms with Crippen LogP contribution in [0.1, 0.15) is 24.8 Å². The van der Waals surface area contributed by atoms with Crippen LogP contribution in [0.25, 0.3) is 0 Å². The molecule has 1 atom stereocenters. The molecule has 1 heterocycles. The minimum Gasteiger partial charge on any atom is -0.271 e. The zero-order valence-corrected chi connectivity index (χ0v) is 12.4. The SMILES string of the molecule is NNC(Cc1ccc(F)c(Cl)c1)CC1CCSCC1. The first kappa shape index (κ1) is 15.1. The van der Waals surface area contributed by atoms with Crippen molar-refractivity contribution in [1.29, 1.82) is 0 Å². The highest BCUT2D eigenvalue weighted by Crippen LogP contribution is 2.27. The van der Waals surface area contributed by atoms with Crippen LogP contribution < -0.4 is 11.3 Å². The maximum Gasteiger partial charge on any atom is 0.141 e. The second kappa shape index (κ2) is 7.48. The van der Waals surface area contributed by atoms with Crippen LogP contribution in [0.5, 0.6) is 0 Å². The molecular weight excluding hydrogens is 283 g/mol. The van der Waals surface area contributed by atoms with Crippen molar-refractivity contribution in [2.24, 2.45) is 11.8 Å². The highest BCUT2D eigenvalue weighted by molar-refractivity contribution is 7.99. The molecule has 1 aromatic carbocycles. The van der Waals surface area contributed by atoms with Crippen LogP contribution >= 0.6 is 23.4 Å². The lowest BCUT2D eigenvalue weighted by Gasteiger charge is -2.26. The van der Waals surface area contributed by atoms with Gasteiger partial charge in [0.25, 0.3) is 0 Å². The van der Waals surface area contributed by atoms with E-state index in [1.165, 1.54) is 30.4 Å². The van der Waals surface area contributed by atoms with Crippen LogP contribution in [-0.2, 0) is 6.42 Å². The van der Waals surface area contributed by atoms with Crippen LogP contribution in [0, 0.1) is 11.7 Å². The van der Waals surface area contributed by atoms with Gasteiger partial charge in [0.15, 0.2) is 0 Å². The van der Waals surface area contributed by atoms with E-state index in [0.29, 0.717) is 0 Å². The van der Waals surface area contributed by atoms with Gasteiger partial charge in [0.1, 0.15) is 5.82 Å². The van der Waals surface area contributed by atoms with Crippen molar-refractivity contribution < 1.29 is 4.39 Å². The van der Waals surface area contributed by atoms with E-state index in [1.807, 2.05) is 11.8 Å². The van der Waals surface area contributed by atoms with Crippen molar-refractivity contribution in [2.45, 2.75) is 31.7 Å². The molecule has 0 spiro atoms. The highest BCUT2D eigenvalue weighted by atomic mass is 35.5. The van der Waals surface area contributed by atoms with Crippen LogP contribution in [0.3, 0.4) is 0 Å². The van der Waals surface area contributed by atoms with Crippen molar-refractivity contribution in [2.75, 3.05) is 11.5 Å². The van der Waals surface area contributed by atoms with E-state index in [0.717, 1.165) is 24.3 Å². The van der Waals surface area contributed by atoms with Gasteiger partial charge >= 0.3 is 0 Å². The van der Waals surface area contributed by atoms with Gasteiger partial charge in [-0.25, -0.2) is 4.39 Å². The fourth-order valence-corrected chi connectivity index (χ4v) is 3.95. The molecule has 5 heteroatoms. The molecule has 0 amide bonds. The second-order valence-corrected chi connectivity index (χ2v) is 6.74. The normalized spacial score (nSPS) is 18.5. The summed E-state index contributed by atoms with van der Waals surface area (Å²) in [7, 11) is 0. The largest absolute Gasteiger partial charge is 0.271 e. The molecule has 0 radical (unpaired) electrons. The minimum absolute atomic E-state index is 0.183. The van der Waals surface area contributed by atoms with Gasteiger partial charge in [-0.2, -0.15) is 11.8 Å². The minimum atomic E-state index is -0.369. The van der Waals surface area contributed by atoms with Crippen molar-refractivity contribution in [3.63, 3.8) is 0 Å². The molecule has 0 bridgehead atoms. The summed E-state index contributed by atoms with van der Waals surface area (Å²) in [5, 5.41) is 0.183. The van der Waals surface area contributed by atoms with Crippen molar-refractivity contribution >= 4 is 23.4 Å². The summed E-state index contributed by atoms with van der Waals surface area (Å²) in [4.78, 5) is 0. The van der Waals surface area contributed by atoms with E-state index >= 15 is 0 Å². The Morgan fingerprint density at radius 1 is 1.42 bits per heavy atom. The maximum absolute atomic E-state index is 13.1. The number of nitrogens with one attached hydrogen (secondary N) is 1. The number of hydrogen-bond acceptors (Lipinski definition) is 3. The average molecular weight is 303 g/mol. The van der Waals surface area contributed by atoms with Gasteiger partial charge in [-0.3, -0.25) is 11.3 Å². The van der Waals surface area contributed by atoms with Crippen LogP contribution in [0.4, 0.5) is 4.39 Å². The number of hydrazine groups is 1. The summed E-state index contributed by atoms with van der Waals surface area (Å²) in [6.07, 6.45) is 4.41. The Bertz CT molecular complexity index is 410.